The van der Waals surface area contributed by atoms with E-state index in [0.29, 0.717) is 32.1 Å². The Bertz CT molecular complexity index is 988. The predicted molar refractivity (Wildman–Crippen MR) is 120 cm³/mol. The van der Waals surface area contributed by atoms with Crippen LogP contribution in [-0.4, -0.2) is 18.1 Å². The van der Waals surface area contributed by atoms with Gasteiger partial charge in [0.2, 0.25) is 0 Å². The molecule has 0 radical (unpaired) electrons. The molecule has 3 rings (SSSR count). The molecule has 6 heteroatoms. The van der Waals surface area contributed by atoms with Crippen molar-refractivity contribution in [3.63, 3.8) is 0 Å². The standard InChI is InChI=1S/C9H7.C5H5.2C4H8O2.C2H6Si.Ti/c1-2-5-9-7-3-6-8(9)4-1;1-2-4-5-3-1;2*1-2-3-4(5)6;1-3-2;/h1-7H;1-3H,4H2;2*2-3H2,1H3,(H,5,6);1-2H3;/q;;;;;+2/p-2. The van der Waals surface area contributed by atoms with Crippen LogP contribution in [0.25, 0.3) is 6.08 Å². The normalized spacial score (nSPS) is 17.5. The first-order valence-electron chi connectivity index (χ1n) is 10.9. The average Bonchev–Trinajstić information content (AvgIpc) is 3.38. The van der Waals surface area contributed by atoms with Gasteiger partial charge in [-0.15, -0.1) is 0 Å². The first-order valence-corrected chi connectivity index (χ1v) is 18.7. The third kappa shape index (κ3) is 3.72. The van der Waals surface area contributed by atoms with E-state index in [2.05, 4.69) is 49.5 Å². The number of carbonyl (C=O) groups excluding carboxylic acids is 2. The third-order valence-electron chi connectivity index (χ3n) is 6.23. The van der Waals surface area contributed by atoms with E-state index in [1.165, 1.54) is 0 Å². The van der Waals surface area contributed by atoms with E-state index < -0.39 is 21.0 Å². The van der Waals surface area contributed by atoms with Crippen molar-refractivity contribution >= 4 is 24.2 Å². The molecule has 1 aromatic carbocycles. The van der Waals surface area contributed by atoms with Gasteiger partial charge in [0, 0.05) is 0 Å². The Kier molecular flexibility index (Phi) is 7.06. The third-order valence-corrected chi connectivity index (χ3v) is 27.5. The van der Waals surface area contributed by atoms with Gasteiger partial charge in [0.1, 0.15) is 0 Å². The zero-order valence-electron chi connectivity index (χ0n) is 18.4. The van der Waals surface area contributed by atoms with Gasteiger partial charge in [0.25, 0.3) is 0 Å². The monoisotopic (exact) mass is 460 g/mol. The summed E-state index contributed by atoms with van der Waals surface area (Å²) < 4.78 is 14.2. The van der Waals surface area contributed by atoms with Gasteiger partial charge in [0.15, 0.2) is 0 Å². The average molecular weight is 460 g/mol. The number of fused-ring (bicyclic) bond motifs is 1. The van der Waals surface area contributed by atoms with Crippen LogP contribution in [0, 0.1) is 0 Å². The van der Waals surface area contributed by atoms with Crippen LogP contribution in [0.3, 0.4) is 0 Å². The van der Waals surface area contributed by atoms with Crippen LogP contribution in [0.1, 0.15) is 61.3 Å². The number of hydrogen-bond acceptors (Lipinski definition) is 4. The van der Waals surface area contributed by atoms with E-state index in [1.54, 1.807) is 0 Å². The molecule has 2 aliphatic rings. The fraction of sp³-hybridized carbons (Fsp3) is 0.417. The molecule has 0 aliphatic heterocycles. The molecule has 1 atom stereocenters. The maximum atomic E-state index is 13.1. The first-order chi connectivity index (χ1) is 14.4. The number of hydrogen-bond donors (Lipinski definition) is 0. The molecule has 4 nitrogen and oxygen atoms in total. The molecule has 0 amide bonds. The first kappa shape index (κ1) is 23.0. The van der Waals surface area contributed by atoms with Crippen molar-refractivity contribution in [2.24, 2.45) is 0 Å². The molecule has 2 aliphatic carbocycles. The summed E-state index contributed by atoms with van der Waals surface area (Å²) in [6.45, 7) is 8.26. The Labute approximate surface area is 181 Å². The number of carbonyl (C=O) groups is 2. The van der Waals surface area contributed by atoms with Gasteiger partial charge in [-0.2, -0.15) is 0 Å². The summed E-state index contributed by atoms with van der Waals surface area (Å²) in [4.78, 5) is 26.2. The number of benzene rings is 1. The zero-order valence-corrected chi connectivity index (χ0v) is 21.0. The van der Waals surface area contributed by atoms with Crippen molar-refractivity contribution < 1.29 is 31.0 Å². The van der Waals surface area contributed by atoms with E-state index in [1.807, 2.05) is 32.1 Å². The molecule has 0 saturated carbocycles. The predicted octanol–water partition coefficient (Wildman–Crippen LogP) is 6.06. The zero-order chi connectivity index (χ0) is 21.8. The molecule has 1 aromatic rings. The Morgan fingerprint density at radius 1 is 1.07 bits per heavy atom. The van der Waals surface area contributed by atoms with Gasteiger partial charge in [-0.25, -0.2) is 0 Å². The number of rotatable bonds is 8. The van der Waals surface area contributed by atoms with E-state index in [-0.39, 0.29) is 16.2 Å². The fourth-order valence-electron chi connectivity index (χ4n) is 4.78. The summed E-state index contributed by atoms with van der Waals surface area (Å²) in [7, 11) is 0. The molecular formula is C24H32O4SiTi. The Morgan fingerprint density at radius 3 is 2.23 bits per heavy atom. The summed E-state index contributed by atoms with van der Waals surface area (Å²) >= 11 is -4.88. The van der Waals surface area contributed by atoms with E-state index in [0.717, 1.165) is 15.0 Å². The van der Waals surface area contributed by atoms with Crippen LogP contribution < -0.4 is 0 Å². The molecule has 30 heavy (non-hydrogen) atoms. The minimum absolute atomic E-state index is 0.185. The van der Waals surface area contributed by atoms with Crippen molar-refractivity contribution in [1.82, 2.24) is 0 Å². The molecule has 0 saturated heterocycles. The molecule has 0 bridgehead atoms. The van der Waals surface area contributed by atoms with Gasteiger partial charge < -0.3 is 0 Å². The number of allylic oxidation sites excluding steroid dienone is 5. The summed E-state index contributed by atoms with van der Waals surface area (Å²) in [5.41, 5.74) is 2.23. The van der Waals surface area contributed by atoms with Crippen molar-refractivity contribution in [3.8, 4) is 0 Å². The van der Waals surface area contributed by atoms with Crippen molar-refractivity contribution in [3.05, 3.63) is 63.6 Å². The van der Waals surface area contributed by atoms with E-state index in [4.69, 9.17) is 6.64 Å². The molecule has 0 fully saturated rings. The summed E-state index contributed by atoms with van der Waals surface area (Å²) in [6, 6.07) is 8.20. The van der Waals surface area contributed by atoms with Crippen molar-refractivity contribution in [2.75, 3.05) is 0 Å². The van der Waals surface area contributed by atoms with E-state index in [9.17, 15) is 9.59 Å². The second kappa shape index (κ2) is 9.21. The molecule has 0 spiro atoms. The van der Waals surface area contributed by atoms with Gasteiger partial charge >= 0.3 is 182 Å². The van der Waals surface area contributed by atoms with Crippen LogP contribution in [-0.2, 0) is 31.0 Å². The summed E-state index contributed by atoms with van der Waals surface area (Å²) in [5, 5.41) is 0. The van der Waals surface area contributed by atoms with Gasteiger partial charge in [0.05, 0.1) is 0 Å². The molecule has 0 heterocycles. The van der Waals surface area contributed by atoms with Gasteiger partial charge in [-0.05, 0) is 0 Å². The molecular weight excluding hydrogens is 428 g/mol. The van der Waals surface area contributed by atoms with E-state index >= 15 is 0 Å². The Hall–Kier alpha value is -1.69. The molecule has 0 N–H and O–H groups in total. The van der Waals surface area contributed by atoms with Crippen LogP contribution in [0.4, 0.5) is 0 Å². The second-order valence-corrected chi connectivity index (χ2v) is 25.1. The second-order valence-electron chi connectivity index (χ2n) is 8.38. The SMILES string of the molecule is CCCC(=O)[O][Ti]([O]C(=O)CCC)([C]1=CC=CC1)([CH]1C=Cc2ccccc21)=[Si](C)C. The Balaban J connectivity index is 2.35. The van der Waals surface area contributed by atoms with Gasteiger partial charge in [-0.1, -0.05) is 0 Å². The molecule has 0 aromatic heterocycles. The quantitative estimate of drug-likeness (QED) is 0.443. The van der Waals surface area contributed by atoms with Crippen molar-refractivity contribution in [2.45, 2.75) is 63.3 Å². The summed E-state index contributed by atoms with van der Waals surface area (Å²) in [5.74, 6) is -0.480. The van der Waals surface area contributed by atoms with Gasteiger partial charge in [-0.3, -0.25) is 0 Å². The maximum absolute atomic E-state index is 13.1. The Morgan fingerprint density at radius 2 is 1.70 bits per heavy atom. The van der Waals surface area contributed by atoms with Crippen LogP contribution >= 0.6 is 0 Å². The molecule has 1 unspecified atom stereocenters. The minimum atomic E-state index is -4.88. The van der Waals surface area contributed by atoms with Crippen LogP contribution in [0.2, 0.25) is 13.1 Å². The molecule has 160 valence electrons. The van der Waals surface area contributed by atoms with Crippen LogP contribution in [0.5, 0.6) is 0 Å². The summed E-state index contributed by atoms with van der Waals surface area (Å²) in [6.07, 6.45) is 11.7. The fourth-order valence-corrected chi connectivity index (χ4v) is 23.7. The topological polar surface area (TPSA) is 52.6 Å². The van der Waals surface area contributed by atoms with Crippen LogP contribution in [0.15, 0.2) is 52.4 Å². The van der Waals surface area contributed by atoms with Crippen molar-refractivity contribution in [1.29, 1.82) is 0 Å².